The molecule has 1 fully saturated rings. The van der Waals surface area contributed by atoms with Gasteiger partial charge in [0.25, 0.3) is 0 Å². The average Bonchev–Trinajstić information content (AvgIpc) is 2.99. The lowest BCUT2D eigenvalue weighted by Gasteiger charge is -2.33. The van der Waals surface area contributed by atoms with E-state index in [-0.39, 0.29) is 5.91 Å². The van der Waals surface area contributed by atoms with Crippen molar-refractivity contribution in [1.82, 2.24) is 15.1 Å². The molecule has 1 aliphatic rings. The van der Waals surface area contributed by atoms with Crippen molar-refractivity contribution in [2.45, 2.75) is 6.92 Å². The van der Waals surface area contributed by atoms with Gasteiger partial charge in [0, 0.05) is 37.3 Å². The zero-order valence-corrected chi connectivity index (χ0v) is 14.3. The molecule has 120 valence electrons. The summed E-state index contributed by atoms with van der Waals surface area (Å²) in [6.45, 7) is 4.90. The van der Waals surface area contributed by atoms with Gasteiger partial charge in [-0.05, 0) is 30.7 Å². The van der Waals surface area contributed by atoms with Crippen molar-refractivity contribution in [1.29, 1.82) is 0 Å². The second-order valence-corrected chi connectivity index (χ2v) is 6.90. The molecular weight excluding hydrogens is 332 g/mol. The van der Waals surface area contributed by atoms with Gasteiger partial charge in [-0.15, -0.1) is 10.2 Å². The normalized spacial score (nSPS) is 15.4. The molecule has 0 radical (unpaired) electrons. The molecule has 1 aromatic heterocycles. The lowest BCUT2D eigenvalue weighted by Crippen LogP contribution is -2.48. The third-order valence-corrected chi connectivity index (χ3v) is 4.78. The summed E-state index contributed by atoms with van der Waals surface area (Å²) in [4.78, 5) is 16.3. The highest BCUT2D eigenvalue weighted by Crippen LogP contribution is 2.21. The highest BCUT2D eigenvalue weighted by atomic mass is 35.5. The first kappa shape index (κ1) is 16.0. The van der Waals surface area contributed by atoms with Gasteiger partial charge in [0.2, 0.25) is 11.0 Å². The van der Waals surface area contributed by atoms with E-state index in [0.717, 1.165) is 28.8 Å². The number of carbonyl (C=O) groups excluding carboxylic acids is 1. The minimum atomic E-state index is 0.0260. The molecule has 0 bridgehead atoms. The van der Waals surface area contributed by atoms with Crippen LogP contribution in [0.3, 0.4) is 0 Å². The highest BCUT2D eigenvalue weighted by molar-refractivity contribution is 7.15. The van der Waals surface area contributed by atoms with Crippen LogP contribution in [0.1, 0.15) is 10.6 Å². The molecule has 1 aliphatic heterocycles. The van der Waals surface area contributed by atoms with E-state index >= 15 is 0 Å². The van der Waals surface area contributed by atoms with Gasteiger partial charge in [-0.1, -0.05) is 35.1 Å². The summed E-state index contributed by atoms with van der Waals surface area (Å²) in [5, 5.41) is 10.8. The molecule has 2 heterocycles. The van der Waals surface area contributed by atoms with Crippen LogP contribution in [0, 0.1) is 6.92 Å². The Morgan fingerprint density at radius 1 is 1.26 bits per heavy atom. The van der Waals surface area contributed by atoms with Crippen molar-refractivity contribution in [3.63, 3.8) is 0 Å². The number of amides is 1. The number of aromatic nitrogens is 2. The molecule has 5 nitrogen and oxygen atoms in total. The van der Waals surface area contributed by atoms with Crippen molar-refractivity contribution < 1.29 is 4.79 Å². The van der Waals surface area contributed by atoms with Gasteiger partial charge in [-0.25, -0.2) is 0 Å². The molecule has 1 saturated heterocycles. The van der Waals surface area contributed by atoms with Gasteiger partial charge < -0.3 is 9.80 Å². The van der Waals surface area contributed by atoms with Gasteiger partial charge in [-0.3, -0.25) is 4.79 Å². The quantitative estimate of drug-likeness (QED) is 0.800. The molecule has 0 atom stereocenters. The predicted octanol–water partition coefficient (Wildman–Crippen LogP) is 2.86. The van der Waals surface area contributed by atoms with E-state index in [9.17, 15) is 4.79 Å². The standard InChI is InChI=1S/C16H17ClN4OS/c1-12-18-19-16(23-12)21-9-7-20(8-10-21)15(22)6-5-13-3-2-4-14(17)11-13/h2-6,11H,7-10H2,1H3/b6-5+. The Morgan fingerprint density at radius 2 is 2.04 bits per heavy atom. The number of hydrogen-bond acceptors (Lipinski definition) is 5. The van der Waals surface area contributed by atoms with Crippen molar-refractivity contribution >= 4 is 40.1 Å². The maximum absolute atomic E-state index is 12.3. The summed E-state index contributed by atoms with van der Waals surface area (Å²) >= 11 is 7.53. The summed E-state index contributed by atoms with van der Waals surface area (Å²) in [5.41, 5.74) is 0.925. The fraction of sp³-hybridized carbons (Fsp3) is 0.312. The molecule has 0 saturated carbocycles. The van der Waals surface area contributed by atoms with Gasteiger partial charge in [0.05, 0.1) is 0 Å². The van der Waals surface area contributed by atoms with Gasteiger partial charge in [-0.2, -0.15) is 0 Å². The average molecular weight is 349 g/mol. The zero-order valence-electron chi connectivity index (χ0n) is 12.8. The maximum Gasteiger partial charge on any atom is 0.246 e. The first-order chi connectivity index (χ1) is 11.1. The number of piperazine rings is 1. The van der Waals surface area contributed by atoms with Crippen molar-refractivity contribution in [2.24, 2.45) is 0 Å². The third kappa shape index (κ3) is 4.09. The largest absolute Gasteiger partial charge is 0.343 e. The molecule has 0 spiro atoms. The van der Waals surface area contributed by atoms with Crippen LogP contribution in [0.15, 0.2) is 30.3 Å². The molecule has 2 aromatic rings. The van der Waals surface area contributed by atoms with Gasteiger partial charge >= 0.3 is 0 Å². The van der Waals surface area contributed by atoms with Crippen molar-refractivity contribution in [2.75, 3.05) is 31.1 Å². The fourth-order valence-electron chi connectivity index (χ4n) is 2.42. The highest BCUT2D eigenvalue weighted by Gasteiger charge is 2.21. The maximum atomic E-state index is 12.3. The Kier molecular flexibility index (Phi) is 4.93. The fourth-order valence-corrected chi connectivity index (χ4v) is 3.35. The Morgan fingerprint density at radius 3 is 2.70 bits per heavy atom. The summed E-state index contributed by atoms with van der Waals surface area (Å²) in [5.74, 6) is 0.0260. The van der Waals surface area contributed by atoms with Crippen LogP contribution in [-0.2, 0) is 4.79 Å². The van der Waals surface area contributed by atoms with Gasteiger partial charge in [0.1, 0.15) is 5.01 Å². The second kappa shape index (κ2) is 7.10. The van der Waals surface area contributed by atoms with E-state index in [1.165, 1.54) is 0 Å². The first-order valence-electron chi connectivity index (χ1n) is 7.39. The Bertz CT molecular complexity index is 722. The topological polar surface area (TPSA) is 49.3 Å². The summed E-state index contributed by atoms with van der Waals surface area (Å²) < 4.78 is 0. The van der Waals surface area contributed by atoms with Crippen molar-refractivity contribution in [3.05, 3.63) is 45.9 Å². The Hall–Kier alpha value is -1.92. The molecular formula is C16H17ClN4OS. The summed E-state index contributed by atoms with van der Waals surface area (Å²) in [6.07, 6.45) is 3.41. The minimum Gasteiger partial charge on any atom is -0.343 e. The van der Waals surface area contributed by atoms with Crippen LogP contribution in [0.4, 0.5) is 5.13 Å². The molecule has 7 heteroatoms. The van der Waals surface area contributed by atoms with Crippen LogP contribution < -0.4 is 4.90 Å². The summed E-state index contributed by atoms with van der Waals surface area (Å²) in [7, 11) is 0. The Balaban J connectivity index is 1.56. The smallest absolute Gasteiger partial charge is 0.246 e. The van der Waals surface area contributed by atoms with E-state index < -0.39 is 0 Å². The number of hydrogen-bond donors (Lipinski definition) is 0. The summed E-state index contributed by atoms with van der Waals surface area (Å²) in [6, 6.07) is 7.44. The molecule has 3 rings (SSSR count). The predicted molar refractivity (Wildman–Crippen MR) is 93.9 cm³/mol. The lowest BCUT2D eigenvalue weighted by molar-refractivity contribution is -0.126. The van der Waals surface area contributed by atoms with E-state index in [1.54, 1.807) is 23.5 Å². The lowest BCUT2D eigenvalue weighted by atomic mass is 10.2. The monoisotopic (exact) mass is 348 g/mol. The number of halogens is 1. The molecule has 0 N–H and O–H groups in total. The van der Waals surface area contributed by atoms with Crippen molar-refractivity contribution in [3.8, 4) is 0 Å². The Labute approximate surface area is 144 Å². The molecule has 0 aliphatic carbocycles. The van der Waals surface area contributed by atoms with Crippen LogP contribution in [0.25, 0.3) is 6.08 Å². The van der Waals surface area contributed by atoms with Gasteiger partial charge in [0.15, 0.2) is 0 Å². The number of aryl methyl sites for hydroxylation is 1. The van der Waals surface area contributed by atoms with Crippen LogP contribution in [0.2, 0.25) is 5.02 Å². The third-order valence-electron chi connectivity index (χ3n) is 3.64. The van der Waals surface area contributed by atoms with E-state index in [2.05, 4.69) is 15.1 Å². The van der Waals surface area contributed by atoms with E-state index in [0.29, 0.717) is 18.1 Å². The van der Waals surface area contributed by atoms with E-state index in [4.69, 9.17) is 11.6 Å². The molecule has 1 amide bonds. The number of nitrogens with zero attached hydrogens (tertiary/aromatic N) is 4. The molecule has 1 aromatic carbocycles. The molecule has 0 unspecified atom stereocenters. The number of anilines is 1. The van der Waals surface area contributed by atoms with E-state index in [1.807, 2.05) is 36.1 Å². The molecule has 23 heavy (non-hydrogen) atoms. The zero-order chi connectivity index (χ0) is 16.2. The second-order valence-electron chi connectivity index (χ2n) is 5.30. The minimum absolute atomic E-state index is 0.0260. The SMILES string of the molecule is Cc1nnc(N2CCN(C(=O)/C=C/c3cccc(Cl)c3)CC2)s1. The first-order valence-corrected chi connectivity index (χ1v) is 8.59. The van der Waals surface area contributed by atoms with Crippen LogP contribution in [0.5, 0.6) is 0 Å². The number of benzene rings is 1. The number of rotatable bonds is 3. The van der Waals surface area contributed by atoms with Crippen LogP contribution in [-0.4, -0.2) is 47.2 Å². The van der Waals surface area contributed by atoms with Crippen LogP contribution >= 0.6 is 22.9 Å². The number of carbonyl (C=O) groups is 1.